The average Bonchev–Trinajstić information content (AvgIpc) is 2.20. The number of aryl methyl sites for hydroxylation is 1. The molecule has 0 bridgehead atoms. The minimum absolute atomic E-state index is 0.0693. The molecular weight excluding hydrogens is 222 g/mol. The predicted molar refractivity (Wildman–Crippen MR) is 66.5 cm³/mol. The largest absolute Gasteiger partial charge is 0.381 e. The lowest BCUT2D eigenvalue weighted by Crippen LogP contribution is -2.34. The standard InChI is InChI=1S/C12H17NO2S/c1-10-5-2-3-7-12(10)13-11-6-4-8-16(14,15)9-11/h2-3,5,7,11,13H,4,6,8-9H2,1H3. The van der Waals surface area contributed by atoms with Crippen LogP contribution in [0.4, 0.5) is 5.69 Å². The molecule has 1 atom stereocenters. The summed E-state index contributed by atoms with van der Waals surface area (Å²) in [5.41, 5.74) is 2.20. The van der Waals surface area contributed by atoms with Crippen molar-refractivity contribution in [3.05, 3.63) is 29.8 Å². The molecule has 1 saturated heterocycles. The van der Waals surface area contributed by atoms with E-state index >= 15 is 0 Å². The number of rotatable bonds is 2. The number of sulfone groups is 1. The third-order valence-electron chi connectivity index (χ3n) is 2.97. The van der Waals surface area contributed by atoms with Crippen molar-refractivity contribution in [1.82, 2.24) is 0 Å². The van der Waals surface area contributed by atoms with Crippen molar-refractivity contribution in [1.29, 1.82) is 0 Å². The van der Waals surface area contributed by atoms with Crippen LogP contribution < -0.4 is 5.32 Å². The van der Waals surface area contributed by atoms with Gasteiger partial charge in [0.15, 0.2) is 9.84 Å². The lowest BCUT2D eigenvalue weighted by Gasteiger charge is -2.24. The summed E-state index contributed by atoms with van der Waals surface area (Å²) in [5, 5.41) is 3.33. The predicted octanol–water partition coefficient (Wildman–Crippen LogP) is 1.98. The summed E-state index contributed by atoms with van der Waals surface area (Å²) in [6.07, 6.45) is 1.71. The minimum Gasteiger partial charge on any atom is -0.381 e. The van der Waals surface area contributed by atoms with Crippen molar-refractivity contribution in [3.63, 3.8) is 0 Å². The Hall–Kier alpha value is -1.03. The molecule has 1 fully saturated rings. The normalized spacial score (nSPS) is 23.9. The summed E-state index contributed by atoms with van der Waals surface area (Å²) in [6.45, 7) is 2.03. The highest BCUT2D eigenvalue weighted by molar-refractivity contribution is 7.91. The molecule has 1 heterocycles. The monoisotopic (exact) mass is 239 g/mol. The Balaban J connectivity index is 2.08. The molecule has 1 aromatic rings. The first kappa shape index (κ1) is 11.5. The molecule has 2 rings (SSSR count). The quantitative estimate of drug-likeness (QED) is 0.858. The molecule has 1 aliphatic rings. The van der Waals surface area contributed by atoms with Gasteiger partial charge in [-0.2, -0.15) is 0 Å². The van der Waals surface area contributed by atoms with E-state index in [-0.39, 0.29) is 11.8 Å². The summed E-state index contributed by atoms with van der Waals surface area (Å²) < 4.78 is 23.0. The lowest BCUT2D eigenvalue weighted by molar-refractivity contribution is 0.562. The van der Waals surface area contributed by atoms with Gasteiger partial charge in [0.1, 0.15) is 0 Å². The maximum absolute atomic E-state index is 11.5. The van der Waals surface area contributed by atoms with E-state index in [0.717, 1.165) is 24.1 Å². The highest BCUT2D eigenvalue weighted by Crippen LogP contribution is 2.19. The van der Waals surface area contributed by atoms with Crippen molar-refractivity contribution in [3.8, 4) is 0 Å². The van der Waals surface area contributed by atoms with Crippen LogP contribution in [-0.2, 0) is 9.84 Å². The second-order valence-corrected chi connectivity index (χ2v) is 6.64. The molecular formula is C12H17NO2S. The van der Waals surface area contributed by atoms with E-state index in [9.17, 15) is 8.42 Å². The van der Waals surface area contributed by atoms with Crippen LogP contribution in [0.5, 0.6) is 0 Å². The Labute approximate surface area is 96.8 Å². The molecule has 3 nitrogen and oxygen atoms in total. The lowest BCUT2D eigenvalue weighted by atomic mass is 10.1. The molecule has 0 spiro atoms. The number of hydrogen-bond donors (Lipinski definition) is 1. The number of nitrogens with one attached hydrogen (secondary N) is 1. The Morgan fingerprint density at radius 2 is 2.06 bits per heavy atom. The van der Waals surface area contributed by atoms with Crippen molar-refractivity contribution in [2.24, 2.45) is 0 Å². The van der Waals surface area contributed by atoms with E-state index in [1.54, 1.807) is 0 Å². The third kappa shape index (κ3) is 2.76. The summed E-state index contributed by atoms with van der Waals surface area (Å²) in [6, 6.07) is 8.04. The Kier molecular flexibility index (Phi) is 3.19. The van der Waals surface area contributed by atoms with Gasteiger partial charge >= 0.3 is 0 Å². The van der Waals surface area contributed by atoms with E-state index in [0.29, 0.717) is 5.75 Å². The van der Waals surface area contributed by atoms with E-state index in [1.165, 1.54) is 0 Å². The topological polar surface area (TPSA) is 46.2 Å². The van der Waals surface area contributed by atoms with Gasteiger partial charge in [-0.15, -0.1) is 0 Å². The van der Waals surface area contributed by atoms with Gasteiger partial charge in [0.2, 0.25) is 0 Å². The molecule has 0 amide bonds. The van der Waals surface area contributed by atoms with E-state index in [4.69, 9.17) is 0 Å². The van der Waals surface area contributed by atoms with Crippen LogP contribution in [0.2, 0.25) is 0 Å². The van der Waals surface area contributed by atoms with Gasteiger partial charge in [0, 0.05) is 11.7 Å². The summed E-state index contributed by atoms with van der Waals surface area (Å²) >= 11 is 0. The molecule has 1 aliphatic heterocycles. The molecule has 1 unspecified atom stereocenters. The van der Waals surface area contributed by atoms with Crippen LogP contribution in [-0.4, -0.2) is 26.0 Å². The van der Waals surface area contributed by atoms with E-state index < -0.39 is 9.84 Å². The highest BCUT2D eigenvalue weighted by Gasteiger charge is 2.24. The zero-order chi connectivity index (χ0) is 11.6. The highest BCUT2D eigenvalue weighted by atomic mass is 32.2. The van der Waals surface area contributed by atoms with Gasteiger partial charge in [-0.05, 0) is 31.4 Å². The molecule has 0 aliphatic carbocycles. The van der Waals surface area contributed by atoms with Crippen LogP contribution >= 0.6 is 0 Å². The Morgan fingerprint density at radius 1 is 1.31 bits per heavy atom. The summed E-state index contributed by atoms with van der Waals surface area (Å²) in [5.74, 6) is 0.611. The maximum Gasteiger partial charge on any atom is 0.152 e. The fourth-order valence-corrected chi connectivity index (χ4v) is 3.73. The average molecular weight is 239 g/mol. The molecule has 0 aromatic heterocycles. The third-order valence-corrected chi connectivity index (χ3v) is 4.79. The minimum atomic E-state index is -2.83. The van der Waals surface area contributed by atoms with Crippen LogP contribution in [0, 0.1) is 6.92 Å². The number of hydrogen-bond acceptors (Lipinski definition) is 3. The van der Waals surface area contributed by atoms with Gasteiger partial charge in [-0.1, -0.05) is 18.2 Å². The molecule has 0 saturated carbocycles. The van der Waals surface area contributed by atoms with Crippen LogP contribution in [0.3, 0.4) is 0 Å². The van der Waals surface area contributed by atoms with Crippen LogP contribution in [0.1, 0.15) is 18.4 Å². The molecule has 1 aromatic carbocycles. The van der Waals surface area contributed by atoms with Gasteiger partial charge in [-0.3, -0.25) is 0 Å². The number of anilines is 1. The SMILES string of the molecule is Cc1ccccc1NC1CCCS(=O)(=O)C1. The van der Waals surface area contributed by atoms with Crippen molar-refractivity contribution < 1.29 is 8.42 Å². The smallest absolute Gasteiger partial charge is 0.152 e. The van der Waals surface area contributed by atoms with Crippen molar-refractivity contribution in [2.75, 3.05) is 16.8 Å². The summed E-state index contributed by atoms with van der Waals surface area (Å²) in [7, 11) is -2.83. The second-order valence-electron chi connectivity index (χ2n) is 4.41. The van der Waals surface area contributed by atoms with Crippen molar-refractivity contribution >= 4 is 15.5 Å². The Morgan fingerprint density at radius 3 is 2.75 bits per heavy atom. The zero-order valence-electron chi connectivity index (χ0n) is 9.44. The number of benzene rings is 1. The molecule has 0 radical (unpaired) electrons. The fourth-order valence-electron chi connectivity index (χ4n) is 2.09. The summed E-state index contributed by atoms with van der Waals surface area (Å²) in [4.78, 5) is 0. The van der Waals surface area contributed by atoms with Crippen LogP contribution in [0.25, 0.3) is 0 Å². The first-order chi connectivity index (χ1) is 7.57. The molecule has 1 N–H and O–H groups in total. The maximum atomic E-state index is 11.5. The van der Waals surface area contributed by atoms with Crippen molar-refractivity contribution in [2.45, 2.75) is 25.8 Å². The van der Waals surface area contributed by atoms with Gasteiger partial charge in [0.25, 0.3) is 0 Å². The first-order valence-corrected chi connectivity index (χ1v) is 7.41. The Bertz CT molecular complexity index is 468. The van der Waals surface area contributed by atoms with E-state index in [1.807, 2.05) is 31.2 Å². The molecule has 4 heteroatoms. The molecule has 88 valence electrons. The van der Waals surface area contributed by atoms with Crippen LogP contribution in [0.15, 0.2) is 24.3 Å². The van der Waals surface area contributed by atoms with Gasteiger partial charge in [0.05, 0.1) is 11.5 Å². The van der Waals surface area contributed by atoms with Gasteiger partial charge < -0.3 is 5.32 Å². The first-order valence-electron chi connectivity index (χ1n) is 5.59. The van der Waals surface area contributed by atoms with Gasteiger partial charge in [-0.25, -0.2) is 8.42 Å². The zero-order valence-corrected chi connectivity index (χ0v) is 10.3. The number of para-hydroxylation sites is 1. The fraction of sp³-hybridized carbons (Fsp3) is 0.500. The molecule has 16 heavy (non-hydrogen) atoms. The second kappa shape index (κ2) is 4.45. The van der Waals surface area contributed by atoms with E-state index in [2.05, 4.69) is 5.32 Å².